The van der Waals surface area contributed by atoms with Crippen LogP contribution in [0.4, 0.5) is 0 Å². The number of benzene rings is 1. The fourth-order valence-corrected chi connectivity index (χ4v) is 2.94. The summed E-state index contributed by atoms with van der Waals surface area (Å²) in [6.45, 7) is -0.121. The number of imidazole rings is 1. The summed E-state index contributed by atoms with van der Waals surface area (Å²) in [5.41, 5.74) is 4.13. The number of carbonyl (C=O) groups excluding carboxylic acids is 1. The third-order valence-corrected chi connectivity index (χ3v) is 4.39. The molecule has 0 unspecified atom stereocenters. The highest BCUT2D eigenvalue weighted by molar-refractivity contribution is 5.94. The predicted molar refractivity (Wildman–Crippen MR) is 102 cm³/mol. The van der Waals surface area contributed by atoms with Crippen LogP contribution in [0, 0.1) is 0 Å². The number of furan rings is 1. The molecule has 136 valence electrons. The molecule has 1 aromatic carbocycles. The molecule has 4 aromatic rings. The van der Waals surface area contributed by atoms with E-state index in [9.17, 15) is 4.79 Å². The fourth-order valence-electron chi connectivity index (χ4n) is 2.94. The van der Waals surface area contributed by atoms with Gasteiger partial charge in [-0.25, -0.2) is 4.98 Å². The molecule has 1 N–H and O–H groups in total. The average Bonchev–Trinajstić information content (AvgIpc) is 3.33. The Kier molecular flexibility index (Phi) is 4.25. The van der Waals surface area contributed by atoms with Crippen molar-refractivity contribution in [1.82, 2.24) is 14.3 Å². The Morgan fingerprint density at radius 2 is 1.78 bits per heavy atom. The van der Waals surface area contributed by atoms with Gasteiger partial charge in [-0.15, -0.1) is 0 Å². The number of hydrogen-bond donors (Lipinski definition) is 1. The van der Waals surface area contributed by atoms with Crippen LogP contribution in [0.25, 0.3) is 28.2 Å². The van der Waals surface area contributed by atoms with Crippen LogP contribution in [0.1, 0.15) is 16.1 Å². The van der Waals surface area contributed by atoms with Crippen LogP contribution in [0.15, 0.2) is 65.3 Å². The topological polar surface area (TPSA) is 71.0 Å². The summed E-state index contributed by atoms with van der Waals surface area (Å²) in [7, 11) is 3.47. The molecule has 0 fully saturated rings. The number of aliphatic hydroxyl groups is 1. The quantitative estimate of drug-likeness (QED) is 0.604. The fraction of sp³-hybridized carbons (Fsp3) is 0.143. The van der Waals surface area contributed by atoms with Crippen molar-refractivity contribution in [3.05, 3.63) is 72.2 Å². The summed E-state index contributed by atoms with van der Waals surface area (Å²) in [6, 6.07) is 14.9. The van der Waals surface area contributed by atoms with Gasteiger partial charge < -0.3 is 18.8 Å². The number of aliphatic hydroxyl groups excluding tert-OH is 1. The predicted octanol–water partition coefficient (Wildman–Crippen LogP) is 3.46. The van der Waals surface area contributed by atoms with E-state index >= 15 is 0 Å². The van der Waals surface area contributed by atoms with Crippen LogP contribution in [-0.4, -0.2) is 39.4 Å². The lowest BCUT2D eigenvalue weighted by Gasteiger charge is -2.10. The van der Waals surface area contributed by atoms with Gasteiger partial charge in [0.2, 0.25) is 0 Å². The zero-order chi connectivity index (χ0) is 19.0. The van der Waals surface area contributed by atoms with Crippen molar-refractivity contribution in [2.24, 2.45) is 0 Å². The smallest absolute Gasteiger partial charge is 0.253 e. The van der Waals surface area contributed by atoms with Gasteiger partial charge in [0.1, 0.15) is 23.8 Å². The van der Waals surface area contributed by atoms with Crippen molar-refractivity contribution >= 4 is 11.6 Å². The number of fused-ring (bicyclic) bond motifs is 1. The third-order valence-electron chi connectivity index (χ3n) is 4.39. The van der Waals surface area contributed by atoms with E-state index in [1.807, 2.05) is 59.3 Å². The molecule has 0 aliphatic heterocycles. The summed E-state index contributed by atoms with van der Waals surface area (Å²) in [5.74, 6) is 1.20. The van der Waals surface area contributed by atoms with Gasteiger partial charge >= 0.3 is 0 Å². The molecule has 0 bridgehead atoms. The van der Waals surface area contributed by atoms with E-state index in [4.69, 9.17) is 9.52 Å². The number of amides is 1. The second-order valence-electron chi connectivity index (χ2n) is 6.51. The Balaban J connectivity index is 1.66. The second kappa shape index (κ2) is 6.74. The first-order chi connectivity index (χ1) is 13.0. The van der Waals surface area contributed by atoms with Crippen molar-refractivity contribution in [1.29, 1.82) is 0 Å². The first-order valence-electron chi connectivity index (χ1n) is 8.56. The van der Waals surface area contributed by atoms with Crippen LogP contribution in [0.3, 0.4) is 0 Å². The van der Waals surface area contributed by atoms with E-state index in [1.54, 1.807) is 25.1 Å². The molecule has 6 nitrogen and oxygen atoms in total. The largest absolute Gasteiger partial charge is 0.459 e. The monoisotopic (exact) mass is 361 g/mol. The van der Waals surface area contributed by atoms with Crippen molar-refractivity contribution in [2.45, 2.75) is 6.61 Å². The third kappa shape index (κ3) is 3.22. The molecule has 0 atom stereocenters. The number of hydrogen-bond acceptors (Lipinski definition) is 4. The first-order valence-corrected chi connectivity index (χ1v) is 8.56. The van der Waals surface area contributed by atoms with E-state index in [2.05, 4.69) is 4.98 Å². The number of aromatic nitrogens is 2. The molecule has 3 heterocycles. The summed E-state index contributed by atoms with van der Waals surface area (Å²) < 4.78 is 7.53. The molecule has 0 saturated carbocycles. The molecular weight excluding hydrogens is 342 g/mol. The van der Waals surface area contributed by atoms with E-state index < -0.39 is 0 Å². The lowest BCUT2D eigenvalue weighted by Crippen LogP contribution is -2.21. The van der Waals surface area contributed by atoms with E-state index in [0.717, 1.165) is 22.5 Å². The SMILES string of the molecule is CN(C)C(=O)c1ccc(-c2cn3cc(-c4ccc(CO)o4)ccc3n2)cc1. The molecule has 1 amide bonds. The zero-order valence-electron chi connectivity index (χ0n) is 15.1. The minimum atomic E-state index is -0.121. The van der Waals surface area contributed by atoms with Gasteiger partial charge in [-0.2, -0.15) is 0 Å². The molecule has 0 aliphatic carbocycles. The number of rotatable bonds is 4. The maximum atomic E-state index is 12.0. The molecule has 0 saturated heterocycles. The van der Waals surface area contributed by atoms with Gasteiger partial charge in [0.25, 0.3) is 5.91 Å². The highest BCUT2D eigenvalue weighted by atomic mass is 16.4. The van der Waals surface area contributed by atoms with Gasteiger partial charge in [0.05, 0.1) is 5.69 Å². The second-order valence-corrected chi connectivity index (χ2v) is 6.51. The lowest BCUT2D eigenvalue weighted by molar-refractivity contribution is 0.0827. The molecular formula is C21H19N3O3. The maximum Gasteiger partial charge on any atom is 0.253 e. The Morgan fingerprint density at radius 3 is 2.44 bits per heavy atom. The van der Waals surface area contributed by atoms with E-state index in [0.29, 0.717) is 17.1 Å². The molecule has 27 heavy (non-hydrogen) atoms. The van der Waals surface area contributed by atoms with Crippen molar-refractivity contribution < 1.29 is 14.3 Å². The average molecular weight is 361 g/mol. The van der Waals surface area contributed by atoms with E-state index in [1.165, 1.54) is 0 Å². The standard InChI is InChI=1S/C21H19N3O3/c1-23(2)21(26)15-5-3-14(4-6-15)18-12-24-11-16(7-10-20(24)22-18)19-9-8-17(13-25)27-19/h3-12,25H,13H2,1-2H3. The van der Waals surface area contributed by atoms with Gasteiger partial charge in [0, 0.05) is 43.2 Å². The van der Waals surface area contributed by atoms with E-state index in [-0.39, 0.29) is 12.5 Å². The number of nitrogens with zero attached hydrogens (tertiary/aromatic N) is 3. The number of pyridine rings is 1. The van der Waals surface area contributed by atoms with Crippen molar-refractivity contribution in [2.75, 3.05) is 14.1 Å². The van der Waals surface area contributed by atoms with Gasteiger partial charge in [0.15, 0.2) is 0 Å². The number of carbonyl (C=O) groups is 1. The lowest BCUT2D eigenvalue weighted by atomic mass is 10.1. The van der Waals surface area contributed by atoms with Crippen LogP contribution < -0.4 is 0 Å². The highest BCUT2D eigenvalue weighted by Crippen LogP contribution is 2.25. The highest BCUT2D eigenvalue weighted by Gasteiger charge is 2.11. The summed E-state index contributed by atoms with van der Waals surface area (Å²) in [6.07, 6.45) is 3.88. The molecule has 0 spiro atoms. The Labute approximate surface area is 156 Å². The molecule has 3 aromatic heterocycles. The minimum Gasteiger partial charge on any atom is -0.459 e. The summed E-state index contributed by atoms with van der Waals surface area (Å²) in [4.78, 5) is 18.2. The Bertz CT molecular complexity index is 1110. The van der Waals surface area contributed by atoms with Gasteiger partial charge in [-0.1, -0.05) is 12.1 Å². The first kappa shape index (κ1) is 17.1. The molecule has 0 radical (unpaired) electrons. The maximum absolute atomic E-state index is 12.0. The molecule has 4 rings (SSSR count). The normalized spacial score (nSPS) is 11.1. The summed E-state index contributed by atoms with van der Waals surface area (Å²) in [5, 5.41) is 9.15. The van der Waals surface area contributed by atoms with Crippen LogP contribution in [0.5, 0.6) is 0 Å². The Morgan fingerprint density at radius 1 is 1.04 bits per heavy atom. The van der Waals surface area contributed by atoms with Crippen molar-refractivity contribution in [3.8, 4) is 22.6 Å². The summed E-state index contributed by atoms with van der Waals surface area (Å²) >= 11 is 0. The van der Waals surface area contributed by atoms with Crippen LogP contribution in [0.2, 0.25) is 0 Å². The Hall–Kier alpha value is -3.38. The van der Waals surface area contributed by atoms with Gasteiger partial charge in [-0.05, 0) is 36.4 Å². The van der Waals surface area contributed by atoms with Crippen molar-refractivity contribution in [3.63, 3.8) is 0 Å². The molecule has 6 heteroatoms. The molecule has 0 aliphatic rings. The van der Waals surface area contributed by atoms with Crippen LogP contribution in [-0.2, 0) is 6.61 Å². The zero-order valence-corrected chi connectivity index (χ0v) is 15.1. The minimum absolute atomic E-state index is 0.0260. The van der Waals surface area contributed by atoms with Crippen LogP contribution >= 0.6 is 0 Å². The van der Waals surface area contributed by atoms with Gasteiger partial charge in [-0.3, -0.25) is 4.79 Å².